The van der Waals surface area contributed by atoms with Gasteiger partial charge in [0.1, 0.15) is 15.5 Å². The molecule has 0 spiro atoms. The Kier molecular flexibility index (Phi) is 20.7. The number of aromatic nitrogens is 11. The van der Waals surface area contributed by atoms with Crippen molar-refractivity contribution in [3.8, 4) is 146 Å². The second-order valence-corrected chi connectivity index (χ2v) is 35.9. The Bertz CT molecular complexity index is 9270. The Morgan fingerprint density at radius 2 is 0.504 bits per heavy atom. The molecule has 0 aliphatic carbocycles. The van der Waals surface area contributed by atoms with Gasteiger partial charge in [-0.05, 0) is 142 Å². The summed E-state index contributed by atoms with van der Waals surface area (Å²) >= 11 is 3.50. The molecular weight excluding hydrogens is 1710 g/mol. The lowest BCUT2D eigenvalue weighted by Gasteiger charge is -2.12. The van der Waals surface area contributed by atoms with E-state index in [1.54, 1.807) is 22.7 Å². The lowest BCUT2D eigenvalue weighted by molar-refractivity contribution is 0.620. The summed E-state index contributed by atoms with van der Waals surface area (Å²) in [5.41, 5.74) is 19.8. The number of nitrogens with zero attached hydrogens (tertiary/aromatic N) is 11. The molecule has 0 amide bonds. The first-order valence-electron chi connectivity index (χ1n) is 45.5. The van der Waals surface area contributed by atoms with Gasteiger partial charge in [0.05, 0.1) is 31.8 Å². The molecule has 6 aromatic heterocycles. The fourth-order valence-electron chi connectivity index (χ4n) is 18.5. The van der Waals surface area contributed by atoms with E-state index < -0.39 is 0 Å². The third-order valence-corrected chi connectivity index (χ3v) is 27.6. The molecule has 640 valence electrons. The van der Waals surface area contributed by atoms with Gasteiger partial charge in [-0.2, -0.15) is 0 Å². The smallest absolute Gasteiger partial charge is 0.227 e. The Hall–Kier alpha value is -18.0. The van der Waals surface area contributed by atoms with Crippen molar-refractivity contribution in [3.05, 3.63) is 455 Å². The van der Waals surface area contributed by atoms with Crippen LogP contribution in [0.25, 0.3) is 264 Å². The highest BCUT2D eigenvalue weighted by molar-refractivity contribution is 7.23. The molecule has 0 fully saturated rings. The van der Waals surface area contributed by atoms with E-state index in [2.05, 4.69) is 322 Å². The molecule has 21 aromatic carbocycles. The summed E-state index contributed by atoms with van der Waals surface area (Å²) in [7, 11) is 0. The fourth-order valence-corrected chi connectivity index (χ4v) is 20.8. The van der Waals surface area contributed by atoms with Crippen molar-refractivity contribution in [3.63, 3.8) is 0 Å². The highest BCUT2D eigenvalue weighted by Crippen LogP contribution is 2.45. The minimum atomic E-state index is 0.622. The molecule has 137 heavy (non-hydrogen) atoms. The van der Waals surface area contributed by atoms with Crippen molar-refractivity contribution in [1.29, 1.82) is 0 Å². The minimum absolute atomic E-state index is 0.622. The van der Waals surface area contributed by atoms with Crippen LogP contribution in [0.15, 0.2) is 459 Å². The molecule has 0 radical (unpaired) electrons. The predicted molar refractivity (Wildman–Crippen MR) is 566 cm³/mol. The highest BCUT2D eigenvalue weighted by atomic mass is 32.1. The van der Waals surface area contributed by atoms with Gasteiger partial charge >= 0.3 is 0 Å². The van der Waals surface area contributed by atoms with Crippen molar-refractivity contribution in [1.82, 2.24) is 54.8 Å². The number of fused-ring (bicyclic) bond motifs is 17. The van der Waals surface area contributed by atoms with Crippen molar-refractivity contribution in [2.24, 2.45) is 0 Å². The standard InChI is InChI=1S/C44H26N4S.C43H27N3O.C36H22N4S/c1-2-11-30(12-3-1)44-45-38-24-22-29-18-19-32-26-34(21-23-36(32)39(29)40(38)49-44)42-46-41(33-20-17-27-9-4-5-13-31(27)25-33)47-43(48-42)37-16-8-14-28-10-6-7-15-35(28)37;1-4-10-28(11-5-1)29-16-18-31(19-17-29)38-27-37(30-12-6-2-7-13-30)44-42(45-38)35-22-24-36-34(26-35)21-20-32-23-25-39-41(40(32)36)46-43(47-39)33-14-8-3-9-15-33;1-4-10-24(11-5-1)33-38-34(25-12-6-2-7-13-25)40-35(39-33)28-18-20-29-27(22-28)17-16-23-19-21-30-32(31(23)29)41-36(37-30)26-14-8-3-9-15-26/h1-26H;1-27H;1-22H. The number of rotatable bonds is 13. The molecule has 0 saturated carbocycles. The van der Waals surface area contributed by atoms with Crippen LogP contribution in [-0.4, -0.2) is 54.8 Å². The molecule has 12 nitrogen and oxygen atoms in total. The summed E-state index contributed by atoms with van der Waals surface area (Å²) in [5.74, 6) is 5.23. The third kappa shape index (κ3) is 15.7. The number of hydrogen-bond donors (Lipinski definition) is 0. The van der Waals surface area contributed by atoms with Gasteiger partial charge in [-0.1, -0.05) is 394 Å². The first-order valence-corrected chi connectivity index (χ1v) is 47.1. The van der Waals surface area contributed by atoms with Gasteiger partial charge in [0.25, 0.3) is 0 Å². The second-order valence-electron chi connectivity index (χ2n) is 33.9. The third-order valence-electron chi connectivity index (χ3n) is 25.4. The molecule has 0 atom stereocenters. The first kappa shape index (κ1) is 81.1. The summed E-state index contributed by atoms with van der Waals surface area (Å²) in [6, 6.07) is 157. The largest absolute Gasteiger partial charge is 0.436 e. The molecule has 0 unspecified atom stereocenters. The fraction of sp³-hybridized carbons (Fsp3) is 0. The molecule has 0 N–H and O–H groups in total. The van der Waals surface area contributed by atoms with Crippen LogP contribution in [0, 0.1) is 0 Å². The molecule has 0 bridgehead atoms. The summed E-state index contributed by atoms with van der Waals surface area (Å²) in [5, 5.41) is 20.6. The predicted octanol–water partition coefficient (Wildman–Crippen LogP) is 32.5. The van der Waals surface area contributed by atoms with E-state index in [1.807, 2.05) is 133 Å². The molecule has 14 heteroatoms. The molecule has 27 rings (SSSR count). The first-order chi connectivity index (χ1) is 67.8. The van der Waals surface area contributed by atoms with E-state index >= 15 is 0 Å². The summed E-state index contributed by atoms with van der Waals surface area (Å²) < 4.78 is 8.62. The van der Waals surface area contributed by atoms with Crippen LogP contribution >= 0.6 is 22.7 Å². The summed E-state index contributed by atoms with van der Waals surface area (Å²) in [6.07, 6.45) is 0. The number of thiazole rings is 2. The van der Waals surface area contributed by atoms with E-state index in [0.29, 0.717) is 46.7 Å². The van der Waals surface area contributed by atoms with E-state index in [9.17, 15) is 0 Å². The Morgan fingerprint density at radius 1 is 0.175 bits per heavy atom. The molecule has 0 aliphatic rings. The van der Waals surface area contributed by atoms with Gasteiger partial charge in [-0.3, -0.25) is 0 Å². The average Bonchev–Trinajstić information content (AvgIpc) is 1.73. The molecule has 27 aromatic rings. The minimum Gasteiger partial charge on any atom is -0.436 e. The Morgan fingerprint density at radius 3 is 1.01 bits per heavy atom. The van der Waals surface area contributed by atoms with Crippen molar-refractivity contribution < 1.29 is 4.42 Å². The normalized spacial score (nSPS) is 11.5. The highest BCUT2D eigenvalue weighted by Gasteiger charge is 2.23. The van der Waals surface area contributed by atoms with E-state index in [-0.39, 0.29) is 0 Å². The van der Waals surface area contributed by atoms with Crippen molar-refractivity contribution in [2.45, 2.75) is 0 Å². The number of hydrogen-bond acceptors (Lipinski definition) is 14. The average molecular weight is 1790 g/mol. The van der Waals surface area contributed by atoms with Gasteiger partial charge in [0.15, 0.2) is 46.4 Å². The quantitative estimate of drug-likeness (QED) is 0.101. The van der Waals surface area contributed by atoms with Gasteiger partial charge < -0.3 is 4.42 Å². The van der Waals surface area contributed by atoms with Crippen LogP contribution in [0.1, 0.15) is 0 Å². The topological polar surface area (TPSA) is 155 Å². The maximum absolute atomic E-state index is 6.22. The lowest BCUT2D eigenvalue weighted by atomic mass is 9.98. The maximum atomic E-state index is 6.22. The van der Waals surface area contributed by atoms with Crippen LogP contribution in [0.2, 0.25) is 0 Å². The summed E-state index contributed by atoms with van der Waals surface area (Å²) in [4.78, 5) is 55.2. The zero-order valence-corrected chi connectivity index (χ0v) is 75.1. The van der Waals surface area contributed by atoms with Crippen molar-refractivity contribution in [2.75, 3.05) is 0 Å². The Balaban J connectivity index is 0.000000110. The van der Waals surface area contributed by atoms with Crippen LogP contribution in [0.4, 0.5) is 0 Å². The molecular formula is C123H75N11OS2. The second kappa shape index (κ2) is 35.0. The summed E-state index contributed by atoms with van der Waals surface area (Å²) in [6.45, 7) is 0. The number of benzene rings is 21. The van der Waals surface area contributed by atoms with Crippen molar-refractivity contribution >= 4 is 140 Å². The Labute approximate surface area is 794 Å². The van der Waals surface area contributed by atoms with Crippen LogP contribution in [-0.2, 0) is 0 Å². The molecule has 0 saturated heterocycles. The zero-order valence-electron chi connectivity index (χ0n) is 73.4. The SMILES string of the molecule is c1ccc(-c2ccc(-c3cc(-c4ccccc4)nc(-c4ccc5c(ccc6ccc7oc(-c8ccccc8)nc7c65)c4)n3)cc2)cc1.c1ccc(-c2nc(-c3ccccc3)nc(-c3ccc4c(ccc5ccc6nc(-c7ccccc7)sc6c54)c3)n2)cc1.c1ccc(-c2nc3ccc4ccc5cc(-c6nc(-c7ccc8ccccc8c7)nc(-c7cccc8ccccc78)n6)ccc5c4c3s2)cc1. The van der Waals surface area contributed by atoms with E-state index in [4.69, 9.17) is 59.2 Å². The number of oxazole rings is 1. The van der Waals surface area contributed by atoms with Gasteiger partial charge in [-0.15, -0.1) is 22.7 Å². The van der Waals surface area contributed by atoms with Crippen LogP contribution < -0.4 is 0 Å². The van der Waals surface area contributed by atoms with E-state index in [0.717, 1.165) is 159 Å². The van der Waals surface area contributed by atoms with Crippen LogP contribution in [0.3, 0.4) is 0 Å². The van der Waals surface area contributed by atoms with Gasteiger partial charge in [0, 0.05) is 82.9 Å². The monoisotopic (exact) mass is 1790 g/mol. The lowest BCUT2D eigenvalue weighted by Crippen LogP contribution is -2.00. The van der Waals surface area contributed by atoms with Gasteiger partial charge in [-0.25, -0.2) is 54.8 Å². The zero-order chi connectivity index (χ0) is 90.6. The molecule has 6 heterocycles. The van der Waals surface area contributed by atoms with E-state index in [1.165, 1.54) is 58.2 Å². The van der Waals surface area contributed by atoms with Crippen LogP contribution in [0.5, 0.6) is 0 Å². The maximum Gasteiger partial charge on any atom is 0.227 e. The van der Waals surface area contributed by atoms with Gasteiger partial charge in [0.2, 0.25) is 5.89 Å². The molecule has 0 aliphatic heterocycles.